The molecule has 6 heteroatoms. The van der Waals surface area contributed by atoms with Crippen LogP contribution in [-0.2, 0) is 0 Å². The van der Waals surface area contributed by atoms with E-state index in [2.05, 4.69) is 37.9 Å². The molecule has 0 spiro atoms. The molecule has 98 valence electrons. The van der Waals surface area contributed by atoms with Crippen molar-refractivity contribution in [3.63, 3.8) is 0 Å². The predicted octanol–water partition coefficient (Wildman–Crippen LogP) is 3.60. The number of aromatic nitrogens is 2. The summed E-state index contributed by atoms with van der Waals surface area (Å²) in [6, 6.07) is 6.98. The SMILES string of the molecule is Cc1cc(C)nc(NC(=O)c2ccc(I)c(Cl)c2)n1. The molecule has 0 aliphatic rings. The van der Waals surface area contributed by atoms with Crippen molar-refractivity contribution in [2.75, 3.05) is 5.32 Å². The van der Waals surface area contributed by atoms with Crippen molar-refractivity contribution in [2.24, 2.45) is 0 Å². The van der Waals surface area contributed by atoms with Crippen LogP contribution in [0.5, 0.6) is 0 Å². The van der Waals surface area contributed by atoms with Crippen molar-refractivity contribution in [3.05, 3.63) is 49.8 Å². The molecule has 1 aromatic carbocycles. The van der Waals surface area contributed by atoms with E-state index in [-0.39, 0.29) is 5.91 Å². The fourth-order valence-electron chi connectivity index (χ4n) is 1.59. The van der Waals surface area contributed by atoms with Crippen LogP contribution in [-0.4, -0.2) is 15.9 Å². The number of amides is 1. The quantitative estimate of drug-likeness (QED) is 0.801. The Bertz CT molecular complexity index is 626. The molecular weight excluding hydrogens is 377 g/mol. The van der Waals surface area contributed by atoms with Crippen LogP contribution >= 0.6 is 34.2 Å². The fraction of sp³-hybridized carbons (Fsp3) is 0.154. The molecule has 0 fully saturated rings. The standard InChI is InChI=1S/C13H11ClIN3O/c1-7-5-8(2)17-13(16-7)18-12(19)9-3-4-11(15)10(14)6-9/h3-6H,1-2H3,(H,16,17,18,19). The van der Waals surface area contributed by atoms with E-state index in [1.54, 1.807) is 18.2 Å². The molecule has 0 saturated carbocycles. The summed E-state index contributed by atoms with van der Waals surface area (Å²) in [5.74, 6) is 0.0282. The second-order valence-corrected chi connectivity index (χ2v) is 5.63. The predicted molar refractivity (Wildman–Crippen MR) is 83.6 cm³/mol. The van der Waals surface area contributed by atoms with E-state index in [0.717, 1.165) is 15.0 Å². The van der Waals surface area contributed by atoms with Gasteiger partial charge in [0.05, 0.1) is 5.02 Å². The highest BCUT2D eigenvalue weighted by Gasteiger charge is 2.10. The summed E-state index contributed by atoms with van der Waals surface area (Å²) in [4.78, 5) is 20.4. The average Bonchev–Trinajstić information content (AvgIpc) is 2.31. The van der Waals surface area contributed by atoms with Crippen molar-refractivity contribution in [1.82, 2.24) is 9.97 Å². The number of aryl methyl sites for hydroxylation is 2. The summed E-state index contributed by atoms with van der Waals surface area (Å²) in [5, 5.41) is 3.21. The largest absolute Gasteiger partial charge is 0.290 e. The van der Waals surface area contributed by atoms with Gasteiger partial charge in [-0.3, -0.25) is 10.1 Å². The number of nitrogens with one attached hydrogen (secondary N) is 1. The minimum absolute atomic E-state index is 0.275. The van der Waals surface area contributed by atoms with Crippen molar-refractivity contribution in [3.8, 4) is 0 Å². The van der Waals surface area contributed by atoms with E-state index in [0.29, 0.717) is 16.5 Å². The van der Waals surface area contributed by atoms with Crippen LogP contribution in [0.4, 0.5) is 5.95 Å². The van der Waals surface area contributed by atoms with Gasteiger partial charge in [-0.05, 0) is 60.7 Å². The second-order valence-electron chi connectivity index (χ2n) is 4.06. The van der Waals surface area contributed by atoms with Gasteiger partial charge in [-0.25, -0.2) is 9.97 Å². The van der Waals surface area contributed by atoms with Gasteiger partial charge < -0.3 is 0 Å². The fourth-order valence-corrected chi connectivity index (χ4v) is 2.11. The molecule has 2 aromatic rings. The van der Waals surface area contributed by atoms with Crippen molar-refractivity contribution in [2.45, 2.75) is 13.8 Å². The Hall–Kier alpha value is -1.21. The Morgan fingerprint density at radius 2 is 1.84 bits per heavy atom. The van der Waals surface area contributed by atoms with Gasteiger partial charge in [0.15, 0.2) is 0 Å². The van der Waals surface area contributed by atoms with Gasteiger partial charge in [0.2, 0.25) is 5.95 Å². The number of hydrogen-bond donors (Lipinski definition) is 1. The van der Waals surface area contributed by atoms with Gasteiger partial charge >= 0.3 is 0 Å². The lowest BCUT2D eigenvalue weighted by molar-refractivity contribution is 0.102. The summed E-state index contributed by atoms with van der Waals surface area (Å²) in [6.45, 7) is 3.71. The first-order valence-electron chi connectivity index (χ1n) is 5.54. The highest BCUT2D eigenvalue weighted by Crippen LogP contribution is 2.20. The van der Waals surface area contributed by atoms with Gasteiger partial charge in [0.1, 0.15) is 0 Å². The smallest absolute Gasteiger partial charge is 0.258 e. The number of nitrogens with zero attached hydrogens (tertiary/aromatic N) is 2. The van der Waals surface area contributed by atoms with Crippen molar-refractivity contribution >= 4 is 46.0 Å². The van der Waals surface area contributed by atoms with Gasteiger partial charge in [-0.1, -0.05) is 11.6 Å². The molecule has 19 heavy (non-hydrogen) atoms. The van der Waals surface area contributed by atoms with Crippen LogP contribution < -0.4 is 5.32 Å². The van der Waals surface area contributed by atoms with E-state index in [9.17, 15) is 4.79 Å². The molecule has 0 atom stereocenters. The summed E-state index contributed by atoms with van der Waals surface area (Å²) in [6.07, 6.45) is 0. The molecular formula is C13H11ClIN3O. The Morgan fingerprint density at radius 3 is 2.42 bits per heavy atom. The van der Waals surface area contributed by atoms with Crippen LogP contribution in [0.25, 0.3) is 0 Å². The lowest BCUT2D eigenvalue weighted by Crippen LogP contribution is -2.15. The minimum atomic E-state index is -0.275. The molecule has 1 N–H and O–H groups in total. The van der Waals surface area contributed by atoms with Crippen molar-refractivity contribution < 1.29 is 4.79 Å². The zero-order valence-corrected chi connectivity index (χ0v) is 13.3. The minimum Gasteiger partial charge on any atom is -0.290 e. The summed E-state index contributed by atoms with van der Waals surface area (Å²) < 4.78 is 0.901. The zero-order chi connectivity index (χ0) is 14.0. The first-order chi connectivity index (χ1) is 8.95. The first-order valence-corrected chi connectivity index (χ1v) is 7.00. The normalized spacial score (nSPS) is 10.3. The maximum absolute atomic E-state index is 12.0. The van der Waals surface area contributed by atoms with Crippen LogP contribution in [0.3, 0.4) is 0 Å². The number of benzene rings is 1. The monoisotopic (exact) mass is 387 g/mol. The third-order valence-electron chi connectivity index (χ3n) is 2.39. The van der Waals surface area contributed by atoms with Gasteiger partial charge in [-0.15, -0.1) is 0 Å². The summed E-state index contributed by atoms with van der Waals surface area (Å²) in [5.41, 5.74) is 2.10. The third-order valence-corrected chi connectivity index (χ3v) is 3.96. The Labute approximate surface area is 129 Å². The highest BCUT2D eigenvalue weighted by molar-refractivity contribution is 14.1. The zero-order valence-electron chi connectivity index (χ0n) is 10.4. The molecule has 2 rings (SSSR count). The number of hydrogen-bond acceptors (Lipinski definition) is 3. The van der Waals surface area contributed by atoms with Crippen LogP contribution in [0.1, 0.15) is 21.7 Å². The van der Waals surface area contributed by atoms with Crippen molar-refractivity contribution in [1.29, 1.82) is 0 Å². The number of carbonyl (C=O) groups is 1. The Balaban J connectivity index is 2.22. The van der Waals surface area contributed by atoms with Gasteiger partial charge in [0.25, 0.3) is 5.91 Å². The maximum Gasteiger partial charge on any atom is 0.258 e. The Morgan fingerprint density at radius 1 is 1.21 bits per heavy atom. The van der Waals surface area contributed by atoms with E-state index < -0.39 is 0 Å². The number of halogens is 2. The Kier molecular flexibility index (Phi) is 4.36. The molecule has 0 bridgehead atoms. The highest BCUT2D eigenvalue weighted by atomic mass is 127. The molecule has 0 radical (unpaired) electrons. The van der Waals surface area contributed by atoms with Crippen LogP contribution in [0, 0.1) is 17.4 Å². The molecule has 0 aliphatic carbocycles. The van der Waals surface area contributed by atoms with Crippen LogP contribution in [0.15, 0.2) is 24.3 Å². The van der Waals surface area contributed by atoms with E-state index in [1.807, 2.05) is 19.9 Å². The van der Waals surface area contributed by atoms with Gasteiger partial charge in [0, 0.05) is 20.5 Å². The van der Waals surface area contributed by atoms with E-state index in [1.165, 1.54) is 0 Å². The van der Waals surface area contributed by atoms with Crippen LogP contribution in [0.2, 0.25) is 5.02 Å². The molecule has 1 amide bonds. The molecule has 1 aromatic heterocycles. The molecule has 1 heterocycles. The number of carbonyl (C=O) groups excluding carboxylic acids is 1. The lowest BCUT2D eigenvalue weighted by atomic mass is 10.2. The molecule has 0 unspecified atom stereocenters. The summed E-state index contributed by atoms with van der Waals surface area (Å²) >= 11 is 8.10. The van der Waals surface area contributed by atoms with E-state index in [4.69, 9.17) is 11.6 Å². The first kappa shape index (κ1) is 14.2. The molecule has 4 nitrogen and oxygen atoms in total. The topological polar surface area (TPSA) is 54.9 Å². The lowest BCUT2D eigenvalue weighted by Gasteiger charge is -2.06. The molecule has 0 aliphatic heterocycles. The number of rotatable bonds is 2. The second kappa shape index (κ2) is 5.83. The number of anilines is 1. The molecule has 0 saturated heterocycles. The third kappa shape index (κ3) is 3.63. The van der Waals surface area contributed by atoms with E-state index >= 15 is 0 Å². The maximum atomic E-state index is 12.0. The van der Waals surface area contributed by atoms with Gasteiger partial charge in [-0.2, -0.15) is 0 Å². The average molecular weight is 388 g/mol. The summed E-state index contributed by atoms with van der Waals surface area (Å²) in [7, 11) is 0.